The minimum absolute atomic E-state index is 0.0415. The van der Waals surface area contributed by atoms with Gasteiger partial charge in [0.05, 0.1) is 17.8 Å². The van der Waals surface area contributed by atoms with Crippen LogP contribution in [0.15, 0.2) is 35.8 Å². The second-order valence-electron chi connectivity index (χ2n) is 5.35. The van der Waals surface area contributed by atoms with Crippen molar-refractivity contribution in [1.82, 2.24) is 9.38 Å². The molecule has 0 amide bonds. The van der Waals surface area contributed by atoms with E-state index >= 15 is 0 Å². The number of nitrogens with zero attached hydrogens (tertiary/aromatic N) is 2. The molecule has 0 saturated heterocycles. The highest BCUT2D eigenvalue weighted by molar-refractivity contribution is 7.15. The zero-order chi connectivity index (χ0) is 15.0. The summed E-state index contributed by atoms with van der Waals surface area (Å²) >= 11 is 1.53. The smallest absolute Gasteiger partial charge is 0.309 e. The Morgan fingerprint density at radius 2 is 2.05 bits per heavy atom. The molecule has 1 N–H and O–H groups in total. The summed E-state index contributed by atoms with van der Waals surface area (Å²) in [5.74, 6) is -0.347. The molecule has 2 heterocycles. The molecule has 3 rings (SSSR count). The second kappa shape index (κ2) is 5.33. The van der Waals surface area contributed by atoms with Gasteiger partial charge in [-0.15, -0.1) is 11.3 Å². The van der Waals surface area contributed by atoms with Crippen LogP contribution in [0.25, 0.3) is 16.2 Å². The lowest BCUT2D eigenvalue weighted by Crippen LogP contribution is -1.99. The summed E-state index contributed by atoms with van der Waals surface area (Å²) in [6.45, 7) is 4.34. The molecule has 5 heteroatoms. The molecule has 0 saturated carbocycles. The standard InChI is InChI=1S/C16H16N2O2S/c1-10(2)11-3-5-12(6-4-11)14-9-21-16-17-13(7-15(19)20)8-18(14)16/h3-6,8-10H,7H2,1-2H3,(H,19,20). The molecular weight excluding hydrogens is 284 g/mol. The molecule has 0 aliphatic rings. The van der Waals surface area contributed by atoms with Gasteiger partial charge in [0.15, 0.2) is 4.96 Å². The maximum Gasteiger partial charge on any atom is 0.309 e. The molecule has 0 unspecified atom stereocenters. The maximum atomic E-state index is 10.8. The van der Waals surface area contributed by atoms with Crippen LogP contribution in [0, 0.1) is 0 Å². The normalized spacial score (nSPS) is 11.4. The van der Waals surface area contributed by atoms with E-state index in [4.69, 9.17) is 5.11 Å². The van der Waals surface area contributed by atoms with Gasteiger partial charge in [-0.3, -0.25) is 9.20 Å². The van der Waals surface area contributed by atoms with E-state index in [0.717, 1.165) is 16.2 Å². The molecule has 1 aromatic carbocycles. The molecule has 0 aliphatic heterocycles. The van der Waals surface area contributed by atoms with E-state index in [-0.39, 0.29) is 6.42 Å². The molecule has 108 valence electrons. The molecule has 0 radical (unpaired) electrons. The highest BCUT2D eigenvalue weighted by Crippen LogP contribution is 2.27. The summed E-state index contributed by atoms with van der Waals surface area (Å²) in [5.41, 5.74) is 4.07. The van der Waals surface area contributed by atoms with Crippen LogP contribution in [0.4, 0.5) is 0 Å². The number of carboxylic acid groups (broad SMARTS) is 1. The predicted molar refractivity (Wildman–Crippen MR) is 83.9 cm³/mol. The van der Waals surface area contributed by atoms with Gasteiger partial charge in [-0.2, -0.15) is 0 Å². The number of fused-ring (bicyclic) bond motifs is 1. The Balaban J connectivity index is 1.99. The van der Waals surface area contributed by atoms with Gasteiger partial charge < -0.3 is 5.11 Å². The molecule has 0 spiro atoms. The minimum Gasteiger partial charge on any atom is -0.481 e. The second-order valence-corrected chi connectivity index (χ2v) is 6.19. The summed E-state index contributed by atoms with van der Waals surface area (Å²) in [6, 6.07) is 8.48. The number of carbonyl (C=O) groups is 1. The van der Waals surface area contributed by atoms with E-state index in [1.165, 1.54) is 16.9 Å². The van der Waals surface area contributed by atoms with E-state index < -0.39 is 5.97 Å². The summed E-state index contributed by atoms with van der Waals surface area (Å²) < 4.78 is 1.97. The average molecular weight is 300 g/mol. The Kier molecular flexibility index (Phi) is 3.51. The number of benzene rings is 1. The van der Waals surface area contributed by atoms with Crippen molar-refractivity contribution >= 4 is 22.3 Å². The third-order valence-electron chi connectivity index (χ3n) is 3.46. The number of aliphatic carboxylic acids is 1. The van der Waals surface area contributed by atoms with Crippen molar-refractivity contribution in [3.05, 3.63) is 47.1 Å². The molecule has 0 bridgehead atoms. The van der Waals surface area contributed by atoms with Crippen molar-refractivity contribution in [1.29, 1.82) is 0 Å². The van der Waals surface area contributed by atoms with E-state index in [9.17, 15) is 4.79 Å². The summed E-state index contributed by atoms with van der Waals surface area (Å²) in [6.07, 6.45) is 1.77. The van der Waals surface area contributed by atoms with Gasteiger partial charge in [0, 0.05) is 11.6 Å². The van der Waals surface area contributed by atoms with Crippen molar-refractivity contribution < 1.29 is 9.90 Å². The molecule has 2 aromatic heterocycles. The van der Waals surface area contributed by atoms with Gasteiger partial charge in [-0.1, -0.05) is 38.1 Å². The lowest BCUT2D eigenvalue weighted by atomic mass is 10.0. The van der Waals surface area contributed by atoms with Gasteiger partial charge in [-0.05, 0) is 17.0 Å². The van der Waals surface area contributed by atoms with Gasteiger partial charge in [-0.25, -0.2) is 4.98 Å². The first-order chi connectivity index (χ1) is 10.0. The Hall–Kier alpha value is -2.14. The van der Waals surface area contributed by atoms with Gasteiger partial charge in [0.2, 0.25) is 0 Å². The molecule has 21 heavy (non-hydrogen) atoms. The number of aromatic nitrogens is 2. The first-order valence-corrected chi connectivity index (χ1v) is 7.70. The number of hydrogen-bond acceptors (Lipinski definition) is 3. The topological polar surface area (TPSA) is 54.6 Å². The summed E-state index contributed by atoms with van der Waals surface area (Å²) in [7, 11) is 0. The Labute approximate surface area is 126 Å². The largest absolute Gasteiger partial charge is 0.481 e. The quantitative estimate of drug-likeness (QED) is 0.797. The first-order valence-electron chi connectivity index (χ1n) is 6.82. The molecule has 3 aromatic rings. The summed E-state index contributed by atoms with van der Waals surface area (Å²) in [4.78, 5) is 16.0. The monoisotopic (exact) mass is 300 g/mol. The van der Waals surface area contributed by atoms with Crippen molar-refractivity contribution in [2.24, 2.45) is 0 Å². The van der Waals surface area contributed by atoms with Crippen molar-refractivity contribution in [2.75, 3.05) is 0 Å². The highest BCUT2D eigenvalue weighted by atomic mass is 32.1. The van der Waals surface area contributed by atoms with Gasteiger partial charge >= 0.3 is 5.97 Å². The fourth-order valence-corrected chi connectivity index (χ4v) is 3.22. The van der Waals surface area contributed by atoms with Crippen LogP contribution in [0.2, 0.25) is 0 Å². The number of carboxylic acids is 1. The van der Waals surface area contributed by atoms with Gasteiger partial charge in [0.1, 0.15) is 0 Å². The Morgan fingerprint density at radius 3 is 2.67 bits per heavy atom. The van der Waals surface area contributed by atoms with Crippen LogP contribution in [0.5, 0.6) is 0 Å². The molecule has 0 fully saturated rings. The minimum atomic E-state index is -0.858. The average Bonchev–Trinajstić information content (AvgIpc) is 2.97. The van der Waals surface area contributed by atoms with Crippen molar-refractivity contribution in [2.45, 2.75) is 26.2 Å². The van der Waals surface area contributed by atoms with Crippen LogP contribution in [-0.4, -0.2) is 20.5 Å². The van der Waals surface area contributed by atoms with Crippen molar-refractivity contribution in [3.8, 4) is 11.3 Å². The number of imidazole rings is 1. The maximum absolute atomic E-state index is 10.8. The number of hydrogen-bond donors (Lipinski definition) is 1. The fraction of sp³-hybridized carbons (Fsp3) is 0.250. The zero-order valence-corrected chi connectivity index (χ0v) is 12.7. The molecule has 4 nitrogen and oxygen atoms in total. The van der Waals surface area contributed by atoms with Crippen LogP contribution < -0.4 is 0 Å². The van der Waals surface area contributed by atoms with E-state index in [1.54, 1.807) is 0 Å². The SMILES string of the molecule is CC(C)c1ccc(-c2csc3nc(CC(=O)O)cn23)cc1. The number of thiazole rings is 1. The van der Waals surface area contributed by atoms with Gasteiger partial charge in [0.25, 0.3) is 0 Å². The van der Waals surface area contributed by atoms with Crippen LogP contribution in [0.1, 0.15) is 31.0 Å². The van der Waals surface area contributed by atoms with Crippen LogP contribution >= 0.6 is 11.3 Å². The van der Waals surface area contributed by atoms with E-state index in [2.05, 4.69) is 48.5 Å². The predicted octanol–water partition coefficient (Wildman–Crippen LogP) is 3.81. The van der Waals surface area contributed by atoms with E-state index in [1.807, 2.05) is 10.6 Å². The van der Waals surface area contributed by atoms with Crippen LogP contribution in [-0.2, 0) is 11.2 Å². The summed E-state index contributed by atoms with van der Waals surface area (Å²) in [5, 5.41) is 10.9. The van der Waals surface area contributed by atoms with Crippen molar-refractivity contribution in [3.63, 3.8) is 0 Å². The number of rotatable bonds is 4. The molecule has 0 atom stereocenters. The molecule has 0 aliphatic carbocycles. The lowest BCUT2D eigenvalue weighted by Gasteiger charge is -2.06. The Morgan fingerprint density at radius 1 is 1.33 bits per heavy atom. The zero-order valence-electron chi connectivity index (χ0n) is 11.9. The fourth-order valence-electron chi connectivity index (χ4n) is 2.32. The van der Waals surface area contributed by atoms with Crippen LogP contribution in [0.3, 0.4) is 0 Å². The van der Waals surface area contributed by atoms with E-state index in [0.29, 0.717) is 11.6 Å². The lowest BCUT2D eigenvalue weighted by molar-refractivity contribution is -0.136. The third kappa shape index (κ3) is 2.69. The highest BCUT2D eigenvalue weighted by Gasteiger charge is 2.12. The Bertz CT molecular complexity index is 784. The third-order valence-corrected chi connectivity index (χ3v) is 4.30. The first kappa shape index (κ1) is 13.8. The molecular formula is C16H16N2O2S.